The van der Waals surface area contributed by atoms with Crippen LogP contribution in [0, 0.1) is 0 Å². The van der Waals surface area contributed by atoms with Gasteiger partial charge in [-0.1, -0.05) is 18.2 Å². The minimum Gasteiger partial charge on any atom is -0.482 e. The second-order valence-corrected chi connectivity index (χ2v) is 7.91. The first-order valence-corrected chi connectivity index (χ1v) is 10.8. The summed E-state index contributed by atoms with van der Waals surface area (Å²) in [6, 6.07) is 13.6. The Kier molecular flexibility index (Phi) is 5.80. The molecule has 0 aliphatic carbocycles. The van der Waals surface area contributed by atoms with Gasteiger partial charge < -0.3 is 24.1 Å². The molecule has 3 heterocycles. The average molecular weight is 449 g/mol. The Morgan fingerprint density at radius 3 is 2.67 bits per heavy atom. The van der Waals surface area contributed by atoms with Gasteiger partial charge in [0.25, 0.3) is 11.8 Å². The zero-order valence-corrected chi connectivity index (χ0v) is 17.9. The van der Waals surface area contributed by atoms with Gasteiger partial charge in [0, 0.05) is 37.3 Å². The van der Waals surface area contributed by atoms with Crippen LogP contribution in [0.2, 0.25) is 0 Å². The molecule has 1 N–H and O–H groups in total. The number of hydrogen-bond acceptors (Lipinski definition) is 7. The fourth-order valence-electron chi connectivity index (χ4n) is 4.01. The Balaban J connectivity index is 1.36. The maximum atomic E-state index is 12.8. The van der Waals surface area contributed by atoms with Gasteiger partial charge in [0.1, 0.15) is 16.9 Å². The van der Waals surface area contributed by atoms with Gasteiger partial charge in [-0.3, -0.25) is 14.5 Å². The predicted octanol–water partition coefficient (Wildman–Crippen LogP) is 2.10. The topological polar surface area (TPSA) is 101 Å². The third kappa shape index (κ3) is 4.46. The van der Waals surface area contributed by atoms with E-state index in [1.165, 1.54) is 6.07 Å². The smallest absolute Gasteiger partial charge is 0.349 e. The summed E-state index contributed by atoms with van der Waals surface area (Å²) in [6.07, 6.45) is 0. The third-order valence-corrected chi connectivity index (χ3v) is 5.79. The summed E-state index contributed by atoms with van der Waals surface area (Å²) in [5, 5.41) is 3.39. The lowest BCUT2D eigenvalue weighted by Gasteiger charge is -2.33. The van der Waals surface area contributed by atoms with Crippen LogP contribution in [0.5, 0.6) is 5.75 Å². The van der Waals surface area contributed by atoms with Crippen molar-refractivity contribution in [1.82, 2.24) is 4.90 Å². The van der Waals surface area contributed by atoms with Gasteiger partial charge in [-0.15, -0.1) is 0 Å². The average Bonchev–Trinajstić information content (AvgIpc) is 2.83. The number of amides is 2. The Bertz CT molecular complexity index is 1260. The highest BCUT2D eigenvalue weighted by Gasteiger charge is 2.27. The van der Waals surface area contributed by atoms with E-state index in [1.807, 2.05) is 0 Å². The molecule has 170 valence electrons. The van der Waals surface area contributed by atoms with Crippen LogP contribution >= 0.6 is 0 Å². The van der Waals surface area contributed by atoms with Crippen molar-refractivity contribution in [1.29, 1.82) is 0 Å². The first kappa shape index (κ1) is 21.2. The highest BCUT2D eigenvalue weighted by atomic mass is 16.5. The van der Waals surface area contributed by atoms with E-state index < -0.39 is 11.5 Å². The van der Waals surface area contributed by atoms with E-state index in [1.54, 1.807) is 47.4 Å². The molecule has 0 radical (unpaired) electrons. The second kappa shape index (κ2) is 9.05. The predicted molar refractivity (Wildman–Crippen MR) is 122 cm³/mol. The Labute approximate surface area is 189 Å². The Hall–Kier alpha value is -3.69. The molecule has 2 amide bonds. The maximum Gasteiger partial charge on any atom is 0.349 e. The van der Waals surface area contributed by atoms with E-state index in [2.05, 4.69) is 10.2 Å². The van der Waals surface area contributed by atoms with Gasteiger partial charge in [-0.25, -0.2) is 4.79 Å². The summed E-state index contributed by atoms with van der Waals surface area (Å²) in [4.78, 5) is 41.6. The van der Waals surface area contributed by atoms with Gasteiger partial charge in [-0.2, -0.15) is 0 Å². The number of morpholine rings is 1. The molecule has 0 bridgehead atoms. The standard InChI is InChI=1S/C24H23N3O6/c28-22-15-32-21-6-5-17(14-19(21)27(22)8-7-26-9-11-31-12-10-26)25-23(29)18-13-16-3-1-2-4-20(16)33-24(18)30/h1-6,13-14H,7-12,15H2,(H,25,29). The Morgan fingerprint density at radius 1 is 1.00 bits per heavy atom. The molecule has 2 aliphatic rings. The quantitative estimate of drug-likeness (QED) is 0.596. The lowest BCUT2D eigenvalue weighted by molar-refractivity contribution is -0.121. The van der Waals surface area contributed by atoms with Crippen molar-refractivity contribution in [3.05, 3.63) is 64.5 Å². The number of rotatable bonds is 5. The molecule has 1 aromatic heterocycles. The molecule has 0 unspecified atom stereocenters. The van der Waals surface area contributed by atoms with E-state index in [0.717, 1.165) is 13.1 Å². The van der Waals surface area contributed by atoms with Crippen LogP contribution < -0.4 is 20.6 Å². The number of fused-ring (bicyclic) bond motifs is 2. The number of carbonyl (C=O) groups is 2. The van der Waals surface area contributed by atoms with Crippen molar-refractivity contribution in [2.45, 2.75) is 0 Å². The molecule has 2 aromatic carbocycles. The molecule has 2 aliphatic heterocycles. The number of carbonyl (C=O) groups excluding carboxylic acids is 2. The van der Waals surface area contributed by atoms with E-state index >= 15 is 0 Å². The number of ether oxygens (including phenoxy) is 2. The molecular formula is C24H23N3O6. The zero-order chi connectivity index (χ0) is 22.8. The molecule has 0 saturated carbocycles. The molecular weight excluding hydrogens is 426 g/mol. The highest BCUT2D eigenvalue weighted by Crippen LogP contribution is 2.34. The molecule has 0 atom stereocenters. The monoisotopic (exact) mass is 449 g/mol. The van der Waals surface area contributed by atoms with Crippen molar-refractivity contribution >= 4 is 34.2 Å². The molecule has 1 saturated heterocycles. The number of para-hydroxylation sites is 1. The summed E-state index contributed by atoms with van der Waals surface area (Å²) in [6.45, 7) is 4.22. The fraction of sp³-hybridized carbons (Fsp3) is 0.292. The summed E-state index contributed by atoms with van der Waals surface area (Å²) in [5.74, 6) is -0.161. The number of nitrogens with one attached hydrogen (secondary N) is 1. The van der Waals surface area contributed by atoms with Crippen LogP contribution in [0.25, 0.3) is 11.0 Å². The first-order valence-electron chi connectivity index (χ1n) is 10.8. The van der Waals surface area contributed by atoms with Crippen molar-refractivity contribution in [3.63, 3.8) is 0 Å². The fourth-order valence-corrected chi connectivity index (χ4v) is 4.01. The largest absolute Gasteiger partial charge is 0.482 e. The Morgan fingerprint density at radius 2 is 1.82 bits per heavy atom. The summed E-state index contributed by atoms with van der Waals surface area (Å²) in [5.41, 5.74) is 0.640. The van der Waals surface area contributed by atoms with Crippen molar-refractivity contribution in [3.8, 4) is 5.75 Å². The summed E-state index contributed by atoms with van der Waals surface area (Å²) < 4.78 is 16.2. The van der Waals surface area contributed by atoms with Crippen molar-refractivity contribution < 1.29 is 23.5 Å². The van der Waals surface area contributed by atoms with Crippen LogP contribution in [0.3, 0.4) is 0 Å². The highest BCUT2D eigenvalue weighted by molar-refractivity contribution is 6.06. The molecule has 1 fully saturated rings. The number of anilines is 2. The maximum absolute atomic E-state index is 12.8. The van der Waals surface area contributed by atoms with Gasteiger partial charge >= 0.3 is 5.63 Å². The molecule has 5 rings (SSSR count). The second-order valence-electron chi connectivity index (χ2n) is 7.91. The van der Waals surface area contributed by atoms with Crippen LogP contribution in [0.15, 0.2) is 57.7 Å². The number of nitrogens with zero attached hydrogens (tertiary/aromatic N) is 2. The van der Waals surface area contributed by atoms with E-state index in [9.17, 15) is 14.4 Å². The number of hydrogen-bond donors (Lipinski definition) is 1. The molecule has 0 spiro atoms. The third-order valence-electron chi connectivity index (χ3n) is 5.79. The SMILES string of the molecule is O=C(Nc1ccc2c(c1)N(CCN1CCOCC1)C(=O)CO2)c1cc2ccccc2oc1=O. The molecule has 33 heavy (non-hydrogen) atoms. The lowest BCUT2D eigenvalue weighted by Crippen LogP contribution is -2.45. The van der Waals surface area contributed by atoms with Gasteiger partial charge in [-0.05, 0) is 30.3 Å². The van der Waals surface area contributed by atoms with Crippen LogP contribution in [-0.2, 0) is 9.53 Å². The van der Waals surface area contributed by atoms with E-state index in [0.29, 0.717) is 54.4 Å². The van der Waals surface area contributed by atoms with Crippen molar-refractivity contribution in [2.75, 3.05) is 56.2 Å². The van der Waals surface area contributed by atoms with E-state index in [-0.39, 0.29) is 18.1 Å². The first-order chi connectivity index (χ1) is 16.1. The minimum absolute atomic E-state index is 0.0278. The van der Waals surface area contributed by atoms with Crippen LogP contribution in [-0.4, -0.2) is 62.7 Å². The van der Waals surface area contributed by atoms with Gasteiger partial charge in [0.05, 0.1) is 18.9 Å². The minimum atomic E-state index is -0.713. The van der Waals surface area contributed by atoms with Gasteiger partial charge in [0.2, 0.25) is 0 Å². The van der Waals surface area contributed by atoms with Crippen LogP contribution in [0.4, 0.5) is 11.4 Å². The zero-order valence-electron chi connectivity index (χ0n) is 17.9. The molecule has 9 heteroatoms. The normalized spacial score (nSPS) is 16.4. The summed E-state index contributed by atoms with van der Waals surface area (Å²) >= 11 is 0. The van der Waals surface area contributed by atoms with Crippen molar-refractivity contribution in [2.24, 2.45) is 0 Å². The van der Waals surface area contributed by atoms with E-state index in [4.69, 9.17) is 13.9 Å². The molecule has 3 aromatic rings. The van der Waals surface area contributed by atoms with Crippen LogP contribution in [0.1, 0.15) is 10.4 Å². The molecule has 9 nitrogen and oxygen atoms in total. The number of benzene rings is 2. The lowest BCUT2D eigenvalue weighted by atomic mass is 10.1. The summed E-state index contributed by atoms with van der Waals surface area (Å²) in [7, 11) is 0. The van der Waals surface area contributed by atoms with Gasteiger partial charge in [0.15, 0.2) is 6.61 Å².